The van der Waals surface area contributed by atoms with Crippen LogP contribution in [0.15, 0.2) is 71.9 Å². The van der Waals surface area contributed by atoms with Crippen molar-refractivity contribution in [2.75, 3.05) is 40.6 Å². The van der Waals surface area contributed by atoms with Crippen molar-refractivity contribution in [2.45, 2.75) is 69.6 Å². The molecule has 6 unspecified atom stereocenters. The van der Waals surface area contributed by atoms with Crippen LogP contribution in [0.3, 0.4) is 0 Å². The van der Waals surface area contributed by atoms with Crippen molar-refractivity contribution in [3.05, 3.63) is 82.4 Å². The summed E-state index contributed by atoms with van der Waals surface area (Å²) in [7, 11) is 3.17. The van der Waals surface area contributed by atoms with Gasteiger partial charge in [0.05, 0.1) is 35.8 Å². The van der Waals surface area contributed by atoms with Crippen molar-refractivity contribution in [1.29, 1.82) is 0 Å². The summed E-state index contributed by atoms with van der Waals surface area (Å²) < 4.78 is 25.5. The number of carbonyl (C=O) groups excluding carboxylic acids is 1. The number of ether oxygens (including phenoxy) is 4. The van der Waals surface area contributed by atoms with Gasteiger partial charge in [0.15, 0.2) is 0 Å². The van der Waals surface area contributed by atoms with Crippen LogP contribution >= 0.6 is 0 Å². The fourth-order valence-corrected chi connectivity index (χ4v) is 8.05. The fourth-order valence-electron chi connectivity index (χ4n) is 8.05. The number of unbranched alkanes of at least 4 members (excludes halogenated alkanes) is 2. The molecule has 1 saturated carbocycles. The van der Waals surface area contributed by atoms with Crippen molar-refractivity contribution in [3.63, 3.8) is 0 Å². The van der Waals surface area contributed by atoms with Gasteiger partial charge in [0.2, 0.25) is 5.79 Å². The number of nitro benzene ring substituents is 1. The molecule has 0 bridgehead atoms. The van der Waals surface area contributed by atoms with E-state index < -0.39 is 28.8 Å². The maximum atomic E-state index is 13.4. The minimum atomic E-state index is -1.39. The lowest BCUT2D eigenvalue weighted by molar-refractivity contribution is -0.384. The molecule has 0 radical (unpaired) electrons. The smallest absolute Gasteiger partial charge is 0.409 e. The number of fused-ring (bicyclic) bond motifs is 2. The Morgan fingerprint density at radius 2 is 1.88 bits per heavy atom. The van der Waals surface area contributed by atoms with Crippen LogP contribution in [-0.2, 0) is 14.3 Å². The summed E-state index contributed by atoms with van der Waals surface area (Å²) in [5.41, 5.74) is 2.35. The van der Waals surface area contributed by atoms with E-state index in [9.17, 15) is 25.1 Å². The number of hydrogen-bond donors (Lipinski definition) is 2. The third kappa shape index (κ3) is 7.90. The molecule has 2 N–H and O–H groups in total. The Morgan fingerprint density at radius 1 is 1.14 bits per heavy atom. The van der Waals surface area contributed by atoms with E-state index in [-0.39, 0.29) is 56.3 Å². The topological polar surface area (TPSA) is 162 Å². The van der Waals surface area contributed by atoms with Crippen molar-refractivity contribution >= 4 is 17.5 Å². The molecule has 1 heterocycles. The van der Waals surface area contributed by atoms with Gasteiger partial charge in [-0.1, -0.05) is 36.2 Å². The predicted molar refractivity (Wildman–Crippen MR) is 190 cm³/mol. The van der Waals surface area contributed by atoms with Crippen LogP contribution in [0, 0.1) is 27.9 Å². The van der Waals surface area contributed by atoms with Crippen LogP contribution in [0.5, 0.6) is 17.2 Å². The molecule has 0 spiro atoms. The number of aliphatic hydroxyl groups excluding tert-OH is 2. The van der Waals surface area contributed by atoms with Crippen LogP contribution in [-0.4, -0.2) is 84.3 Å². The second kappa shape index (κ2) is 17.2. The van der Waals surface area contributed by atoms with Crippen LogP contribution in [0.4, 0.5) is 10.5 Å². The molecule has 51 heavy (non-hydrogen) atoms. The number of oxime groups is 1. The molecule has 1 aliphatic heterocycles. The van der Waals surface area contributed by atoms with Gasteiger partial charge in [-0.15, -0.1) is 6.58 Å². The number of allylic oxidation sites excluding steroid dienone is 1. The number of benzene rings is 2. The highest BCUT2D eigenvalue weighted by atomic mass is 16.7. The monoisotopic (exact) mass is 707 g/mol. The van der Waals surface area contributed by atoms with E-state index in [4.69, 9.17) is 23.8 Å². The fraction of sp³-hybridized carbons (Fsp3) is 0.526. The Hall–Kier alpha value is -4.46. The molecule has 5 rings (SSSR count). The van der Waals surface area contributed by atoms with E-state index in [2.05, 4.69) is 17.8 Å². The van der Waals surface area contributed by atoms with E-state index >= 15 is 0 Å². The standard InChI is InChI=1S/C38H49N3O10/c1-5-20-49-38-34(40(3)37(44)48-6-2)24-32(39-47-4)30-21-25(12-7-9-18-42)29(15-8-10-19-43)35(36(30)38)31-23-28(16-17-33(31)51-38)50-27-14-11-13-26(22-27)41(45)46/h5,11,13-14,16-17,21-23,25,29,34-36,42-43H,1,6-10,12,15,18-20,24H2,2-4H3. The average Bonchev–Trinajstić information content (AvgIpc) is 3.12. The number of amides is 1. The number of carbonyl (C=O) groups is 1. The van der Waals surface area contributed by atoms with Crippen molar-refractivity contribution in [1.82, 2.24) is 4.90 Å². The van der Waals surface area contributed by atoms with Crippen molar-refractivity contribution in [2.24, 2.45) is 22.9 Å². The number of rotatable bonds is 17. The molecule has 13 heteroatoms. The van der Waals surface area contributed by atoms with E-state index in [1.165, 1.54) is 24.1 Å². The Balaban J connectivity index is 1.73. The molecule has 13 nitrogen and oxygen atoms in total. The molecule has 1 fully saturated rings. The number of non-ortho nitro benzene ring substituents is 1. The number of nitro groups is 1. The van der Waals surface area contributed by atoms with Gasteiger partial charge >= 0.3 is 6.09 Å². The normalized spacial score (nSPS) is 25.5. The largest absolute Gasteiger partial charge is 0.459 e. The lowest BCUT2D eigenvalue weighted by Crippen LogP contribution is -2.69. The SMILES string of the molecule is C=CCOC12Oc3ccc(Oc4cccc([N+](=O)[O-])c4)cc3C3C(CCCCO)C(CCCCO)C=C(C(=NOC)CC1N(C)C(=O)OCC)C32. The summed E-state index contributed by atoms with van der Waals surface area (Å²) in [5, 5.41) is 35.4. The molecule has 2 aliphatic carbocycles. The zero-order chi connectivity index (χ0) is 36.5. The van der Waals surface area contributed by atoms with E-state index in [0.717, 1.165) is 36.8 Å². The highest BCUT2D eigenvalue weighted by molar-refractivity contribution is 6.02. The molecular weight excluding hydrogens is 658 g/mol. The van der Waals surface area contributed by atoms with E-state index in [1.54, 1.807) is 38.2 Å². The van der Waals surface area contributed by atoms with Crippen LogP contribution < -0.4 is 9.47 Å². The Labute approximate surface area is 298 Å². The van der Waals surface area contributed by atoms with Gasteiger partial charge in [-0.2, -0.15) is 0 Å². The Morgan fingerprint density at radius 3 is 2.57 bits per heavy atom. The number of nitrogens with zero attached hydrogens (tertiary/aromatic N) is 3. The highest BCUT2D eigenvalue weighted by Gasteiger charge is 2.65. The minimum Gasteiger partial charge on any atom is -0.459 e. The average molecular weight is 708 g/mol. The van der Waals surface area contributed by atoms with Gasteiger partial charge in [0.1, 0.15) is 30.4 Å². The van der Waals surface area contributed by atoms with Crippen molar-refractivity contribution < 1.29 is 43.7 Å². The molecule has 276 valence electrons. The number of aliphatic hydroxyl groups is 2. The molecule has 1 amide bonds. The predicted octanol–water partition coefficient (Wildman–Crippen LogP) is 6.74. The molecule has 2 aromatic rings. The third-order valence-corrected chi connectivity index (χ3v) is 10.1. The minimum absolute atomic E-state index is 0.0295. The molecule has 2 aromatic carbocycles. The zero-order valence-electron chi connectivity index (χ0n) is 29.6. The van der Waals surface area contributed by atoms with Gasteiger partial charge in [-0.05, 0) is 74.3 Å². The quantitative estimate of drug-likeness (QED) is 0.0780. The first-order chi connectivity index (χ1) is 24.7. The second-order valence-electron chi connectivity index (χ2n) is 13.1. The van der Waals surface area contributed by atoms with Crippen LogP contribution in [0.1, 0.15) is 63.4 Å². The first kappa shape index (κ1) is 37.8. The summed E-state index contributed by atoms with van der Waals surface area (Å²) in [6.45, 7) is 6.15. The van der Waals surface area contributed by atoms with Crippen LogP contribution in [0.2, 0.25) is 0 Å². The second-order valence-corrected chi connectivity index (χ2v) is 13.1. The lowest BCUT2D eigenvalue weighted by atomic mass is 9.55. The number of hydrogen-bond acceptors (Lipinski definition) is 11. The molecule has 0 saturated heterocycles. The first-order valence-corrected chi connectivity index (χ1v) is 17.7. The van der Waals surface area contributed by atoms with Crippen LogP contribution in [0.25, 0.3) is 0 Å². The van der Waals surface area contributed by atoms with Gasteiger partial charge in [-0.25, -0.2) is 4.79 Å². The maximum absolute atomic E-state index is 13.4. The van der Waals surface area contributed by atoms with E-state index in [1.807, 2.05) is 12.1 Å². The first-order valence-electron chi connectivity index (χ1n) is 17.7. The summed E-state index contributed by atoms with van der Waals surface area (Å²) in [4.78, 5) is 31.3. The summed E-state index contributed by atoms with van der Waals surface area (Å²) in [6.07, 6.45) is 8.10. The molecule has 3 aliphatic rings. The highest BCUT2D eigenvalue weighted by Crippen LogP contribution is 2.62. The molecule has 6 atom stereocenters. The van der Waals surface area contributed by atoms with E-state index in [0.29, 0.717) is 35.8 Å². The summed E-state index contributed by atoms with van der Waals surface area (Å²) >= 11 is 0. The molecular formula is C38H49N3O10. The lowest BCUT2D eigenvalue weighted by Gasteiger charge is -2.59. The number of likely N-dealkylation sites (N-methyl/N-ethyl adjacent to an activating group) is 1. The van der Waals surface area contributed by atoms with Gasteiger partial charge in [-0.3, -0.25) is 10.1 Å². The summed E-state index contributed by atoms with van der Waals surface area (Å²) in [6, 6.07) is 10.8. The maximum Gasteiger partial charge on any atom is 0.409 e. The van der Waals surface area contributed by atoms with Crippen molar-refractivity contribution in [3.8, 4) is 17.2 Å². The van der Waals surface area contributed by atoms with Gasteiger partial charge in [0, 0.05) is 44.2 Å². The Bertz CT molecular complexity index is 1610. The summed E-state index contributed by atoms with van der Waals surface area (Å²) in [5.74, 6) is -0.664. The zero-order valence-corrected chi connectivity index (χ0v) is 29.6. The Kier molecular flexibility index (Phi) is 12.7. The van der Waals surface area contributed by atoms with Gasteiger partial charge in [0.25, 0.3) is 5.69 Å². The van der Waals surface area contributed by atoms with Gasteiger partial charge < -0.3 is 38.9 Å². The third-order valence-electron chi connectivity index (χ3n) is 10.1. The molecule has 0 aromatic heterocycles.